The van der Waals surface area contributed by atoms with Crippen LogP contribution in [0.1, 0.15) is 0 Å². The van der Waals surface area contributed by atoms with Crippen molar-refractivity contribution in [2.75, 3.05) is 6.79 Å². The third kappa shape index (κ3) is 8.83. The van der Waals surface area contributed by atoms with Crippen molar-refractivity contribution in [1.82, 2.24) is 0 Å². The van der Waals surface area contributed by atoms with Gasteiger partial charge in [0.1, 0.15) is 11.9 Å². The molecule has 0 saturated heterocycles. The molecule has 0 bridgehead atoms. The van der Waals surface area contributed by atoms with E-state index in [1.807, 2.05) is 0 Å². The Hall–Kier alpha value is 0.693. The zero-order chi connectivity index (χ0) is 4.12. The molecule has 0 aromatic carbocycles. The fraction of sp³-hybridized carbons (Fsp3) is 1.00. The minimum Gasteiger partial charge on any atom is -0.369 e. The van der Waals surface area contributed by atoms with Crippen molar-refractivity contribution < 1.29 is 33.0 Å². The van der Waals surface area contributed by atoms with E-state index in [1.165, 1.54) is 0 Å². The van der Waals surface area contributed by atoms with Gasteiger partial charge >= 0.3 is 0 Å². The van der Waals surface area contributed by atoms with E-state index in [-0.39, 0.29) is 19.5 Å². The number of aliphatic hydroxyl groups is 1. The summed E-state index contributed by atoms with van der Waals surface area (Å²) in [4.78, 5) is 0. The number of aliphatic hydroxyl groups excluding tert-OH is 1. The zero-order valence-corrected chi connectivity index (χ0v) is 6.99. The molecule has 0 amide bonds. The first-order chi connectivity index (χ1) is 2.41. The number of rotatable bonds is 2. The Labute approximate surface area is 52.1 Å². The summed E-state index contributed by atoms with van der Waals surface area (Å²) in [5, 5.41) is 7.64. The first kappa shape index (κ1) is 9.85. The first-order valence-electron chi connectivity index (χ1n) is 0.970. The molecule has 0 aromatic heterocycles. The van der Waals surface area contributed by atoms with Crippen molar-refractivity contribution in [1.29, 1.82) is 0 Å². The van der Waals surface area contributed by atoms with Gasteiger partial charge in [-0.05, 0) is 0 Å². The molecule has 0 spiro atoms. The third-order valence-electron chi connectivity index (χ3n) is 0.110. The van der Waals surface area contributed by atoms with Crippen molar-refractivity contribution in [3.63, 3.8) is 0 Å². The monoisotopic (exact) mass is 160 g/mol. The second-order valence-electron chi connectivity index (χ2n) is 0.333. The van der Waals surface area contributed by atoms with E-state index >= 15 is 0 Å². The molecule has 0 aromatic rings. The van der Waals surface area contributed by atoms with Crippen molar-refractivity contribution in [3.8, 4) is 0 Å². The zero-order valence-electron chi connectivity index (χ0n) is 3.13. The van der Waals surface area contributed by atoms with E-state index in [9.17, 15) is 0 Å². The molecule has 3 nitrogen and oxygen atoms in total. The van der Waals surface area contributed by atoms with Crippen LogP contribution in [0.4, 0.5) is 0 Å². The van der Waals surface area contributed by atoms with Gasteiger partial charge in [0.15, 0.2) is 6.79 Å². The second kappa shape index (κ2) is 9.19. The molecule has 0 saturated carbocycles. The summed E-state index contributed by atoms with van der Waals surface area (Å²) in [5.41, 5.74) is 0. The molecular weight excluding hydrogens is 157 g/mol. The fourth-order valence-corrected chi connectivity index (χ4v) is 0.0707. The van der Waals surface area contributed by atoms with Crippen molar-refractivity contribution in [3.05, 3.63) is 0 Å². The molecule has 0 unspecified atom stereocenters. The molecule has 0 radical (unpaired) electrons. The molecule has 6 heavy (non-hydrogen) atoms. The summed E-state index contributed by atoms with van der Waals surface area (Å²) >= 11 is -0.470. The second-order valence-corrected chi connectivity index (χ2v) is 0.740. The van der Waals surface area contributed by atoms with E-state index in [0.717, 1.165) is 0 Å². The minimum absolute atomic E-state index is 0. The molecule has 0 heterocycles. The number of hydrogen-bond donors (Lipinski definition) is 2. The van der Waals surface area contributed by atoms with Gasteiger partial charge in [0.05, 0.1) is 0 Å². The standard InChI is InChI=1S/CH4O3S.Zn/c2-1-4-5-3;/h2,5H,1H2;. The van der Waals surface area contributed by atoms with E-state index in [2.05, 4.69) is 4.18 Å². The van der Waals surface area contributed by atoms with Gasteiger partial charge in [-0.3, -0.25) is 4.18 Å². The van der Waals surface area contributed by atoms with Gasteiger partial charge in [0.2, 0.25) is 0 Å². The molecular formula is CH4O3SZn. The average Bonchev–Trinajstić information content (AvgIpc) is 1.41. The number of hydrogen-bond acceptors (Lipinski definition) is 3. The minimum atomic E-state index is -0.481. The average molecular weight is 161 g/mol. The van der Waals surface area contributed by atoms with Gasteiger partial charge in [0.25, 0.3) is 0 Å². The maximum absolute atomic E-state index is 9.12. The normalized spacial score (nSPS) is 6.83. The SMILES string of the molecule is O=[SH]OCO.[Zn]. The van der Waals surface area contributed by atoms with Crippen LogP contribution in [0.15, 0.2) is 0 Å². The summed E-state index contributed by atoms with van der Waals surface area (Å²) in [6.07, 6.45) is 0. The van der Waals surface area contributed by atoms with Crippen LogP contribution >= 0.6 is 0 Å². The van der Waals surface area contributed by atoms with E-state index < -0.39 is 18.7 Å². The summed E-state index contributed by atoms with van der Waals surface area (Å²) in [7, 11) is 0. The van der Waals surface area contributed by atoms with Crippen LogP contribution < -0.4 is 0 Å². The third-order valence-corrected chi connectivity index (χ3v) is 0.331. The molecule has 1 N–H and O–H groups in total. The van der Waals surface area contributed by atoms with Crippen LogP contribution in [0.25, 0.3) is 0 Å². The first-order valence-corrected chi connectivity index (χ1v) is 1.70. The molecule has 0 aliphatic carbocycles. The van der Waals surface area contributed by atoms with Crippen LogP contribution in [0.3, 0.4) is 0 Å². The molecule has 34 valence electrons. The summed E-state index contributed by atoms with van der Waals surface area (Å²) < 4.78 is 12.9. The predicted octanol–water partition coefficient (Wildman–Crippen LogP) is -1.19. The molecule has 0 fully saturated rings. The smallest absolute Gasteiger partial charge is 0.159 e. The van der Waals surface area contributed by atoms with Crippen LogP contribution in [0.5, 0.6) is 0 Å². The van der Waals surface area contributed by atoms with E-state index in [4.69, 9.17) is 9.32 Å². The van der Waals surface area contributed by atoms with Gasteiger partial charge in [0, 0.05) is 19.5 Å². The summed E-state index contributed by atoms with van der Waals surface area (Å²) in [6.45, 7) is -0.481. The largest absolute Gasteiger partial charge is 0.369 e. The fourth-order valence-electron chi connectivity index (χ4n) is 0.0236. The summed E-state index contributed by atoms with van der Waals surface area (Å²) in [6, 6.07) is 0. The number of thiol groups is 1. The van der Waals surface area contributed by atoms with Gasteiger partial charge in [-0.25, -0.2) is 4.21 Å². The van der Waals surface area contributed by atoms with Crippen LogP contribution in [-0.4, -0.2) is 16.1 Å². The molecule has 0 aliphatic heterocycles. The van der Waals surface area contributed by atoms with Crippen LogP contribution in [-0.2, 0) is 35.6 Å². The molecule has 0 rings (SSSR count). The Morgan fingerprint density at radius 3 is 2.33 bits per heavy atom. The summed E-state index contributed by atoms with van der Waals surface area (Å²) in [5.74, 6) is 0. The Balaban J connectivity index is 0. The maximum Gasteiger partial charge on any atom is 0.159 e. The van der Waals surface area contributed by atoms with E-state index in [0.29, 0.717) is 0 Å². The molecule has 5 heteroatoms. The van der Waals surface area contributed by atoms with Crippen LogP contribution in [0, 0.1) is 0 Å². The Bertz CT molecular complexity index is 32.0. The van der Waals surface area contributed by atoms with Gasteiger partial charge in [-0.2, -0.15) is 0 Å². The predicted molar refractivity (Wildman–Crippen MR) is 17.7 cm³/mol. The quantitative estimate of drug-likeness (QED) is 0.304. The van der Waals surface area contributed by atoms with Crippen molar-refractivity contribution in [2.24, 2.45) is 0 Å². The Morgan fingerprint density at radius 1 is 1.83 bits per heavy atom. The maximum atomic E-state index is 9.12. The van der Waals surface area contributed by atoms with Crippen molar-refractivity contribution >= 4 is 11.9 Å². The Morgan fingerprint density at radius 2 is 2.33 bits per heavy atom. The van der Waals surface area contributed by atoms with Crippen molar-refractivity contribution in [2.45, 2.75) is 0 Å². The van der Waals surface area contributed by atoms with Gasteiger partial charge in [-0.15, -0.1) is 0 Å². The van der Waals surface area contributed by atoms with Gasteiger partial charge in [-0.1, -0.05) is 0 Å². The Kier molecular flexibility index (Phi) is 15.1. The molecule has 0 atom stereocenters. The van der Waals surface area contributed by atoms with Crippen LogP contribution in [0.2, 0.25) is 0 Å². The topological polar surface area (TPSA) is 46.5 Å². The molecule has 0 aliphatic rings. The van der Waals surface area contributed by atoms with Gasteiger partial charge < -0.3 is 5.11 Å². The van der Waals surface area contributed by atoms with E-state index in [1.54, 1.807) is 0 Å².